The van der Waals surface area contributed by atoms with Crippen LogP contribution in [0.15, 0.2) is 72.9 Å². The molecule has 0 aromatic carbocycles. The van der Waals surface area contributed by atoms with Gasteiger partial charge < -0.3 is 14.2 Å². The highest BCUT2D eigenvalue weighted by atomic mass is 16.6. The normalized spacial score (nSPS) is 12.6. The fourth-order valence-corrected chi connectivity index (χ4v) is 7.94. The molecule has 0 rings (SSSR count). The summed E-state index contributed by atoms with van der Waals surface area (Å²) in [4.78, 5) is 38.1. The van der Waals surface area contributed by atoms with E-state index < -0.39 is 6.10 Å². The van der Waals surface area contributed by atoms with Crippen LogP contribution in [0.25, 0.3) is 0 Å². The molecule has 6 nitrogen and oxygen atoms in total. The van der Waals surface area contributed by atoms with Crippen molar-refractivity contribution in [1.82, 2.24) is 0 Å². The molecule has 0 heterocycles. The van der Waals surface area contributed by atoms with E-state index in [1.54, 1.807) is 0 Å². The van der Waals surface area contributed by atoms with Crippen LogP contribution in [0.2, 0.25) is 0 Å². The fourth-order valence-electron chi connectivity index (χ4n) is 7.94. The van der Waals surface area contributed by atoms with Crippen LogP contribution in [-0.2, 0) is 28.6 Å². The van der Waals surface area contributed by atoms with Crippen molar-refractivity contribution in [2.45, 2.75) is 284 Å². The predicted octanol–water partition coefficient (Wildman–Crippen LogP) is 19.0. The van der Waals surface area contributed by atoms with Crippen LogP contribution >= 0.6 is 0 Å². The van der Waals surface area contributed by atoms with Gasteiger partial charge in [0.25, 0.3) is 0 Å². The molecule has 6 heteroatoms. The Balaban J connectivity index is 4.45. The van der Waals surface area contributed by atoms with Gasteiger partial charge in [-0.05, 0) is 83.5 Å². The first kappa shape index (κ1) is 63.8. The van der Waals surface area contributed by atoms with Crippen molar-refractivity contribution in [2.24, 2.45) is 0 Å². The third-order valence-electron chi connectivity index (χ3n) is 12.2. The Morgan fingerprint density at radius 1 is 0.313 bits per heavy atom. The molecule has 0 aliphatic carbocycles. The predicted molar refractivity (Wildman–Crippen MR) is 288 cm³/mol. The molecular formula is C61H106O6. The topological polar surface area (TPSA) is 78.9 Å². The second-order valence-electron chi connectivity index (χ2n) is 18.8. The van der Waals surface area contributed by atoms with Gasteiger partial charge in [-0.3, -0.25) is 14.4 Å². The highest BCUT2D eigenvalue weighted by molar-refractivity contribution is 5.71. The van der Waals surface area contributed by atoms with Crippen LogP contribution in [0.4, 0.5) is 0 Å². The van der Waals surface area contributed by atoms with Gasteiger partial charge in [0.05, 0.1) is 0 Å². The van der Waals surface area contributed by atoms with E-state index in [0.717, 1.165) is 83.5 Å². The van der Waals surface area contributed by atoms with Crippen LogP contribution in [-0.4, -0.2) is 37.2 Å². The van der Waals surface area contributed by atoms with Crippen molar-refractivity contribution in [2.75, 3.05) is 13.2 Å². The van der Waals surface area contributed by atoms with E-state index in [1.165, 1.54) is 148 Å². The van der Waals surface area contributed by atoms with Gasteiger partial charge in [0.2, 0.25) is 0 Å². The molecule has 0 spiro atoms. The van der Waals surface area contributed by atoms with Crippen LogP contribution in [0.3, 0.4) is 0 Å². The second kappa shape index (κ2) is 55.4. The molecule has 0 saturated heterocycles. The van der Waals surface area contributed by atoms with Gasteiger partial charge >= 0.3 is 17.9 Å². The van der Waals surface area contributed by atoms with E-state index in [9.17, 15) is 14.4 Å². The van der Waals surface area contributed by atoms with Crippen LogP contribution < -0.4 is 0 Å². The molecule has 0 bridgehead atoms. The number of hydrogen-bond donors (Lipinski definition) is 0. The number of carbonyl (C=O) groups is 3. The number of esters is 3. The summed E-state index contributed by atoms with van der Waals surface area (Å²) in [5, 5.41) is 0. The maximum atomic E-state index is 12.8. The van der Waals surface area contributed by atoms with Crippen molar-refractivity contribution in [3.05, 3.63) is 72.9 Å². The lowest BCUT2D eigenvalue weighted by Crippen LogP contribution is -2.30. The lowest BCUT2D eigenvalue weighted by Gasteiger charge is -2.18. The molecule has 0 radical (unpaired) electrons. The molecule has 0 aliphatic heterocycles. The standard InChI is InChI=1S/C61H106O6/c1-4-7-10-13-16-19-22-25-28-30-32-33-36-39-42-45-48-51-54-60(63)66-57-58(56-65-59(62)53-50-47-44-41-38-35-27-24-21-18-15-12-9-6-3)67-61(64)55-52-49-46-43-40-37-34-31-29-26-23-20-17-14-11-8-5-2/h8,11,17,20,24,26-27,29,34,37,43,46,58H,4-7,9-10,12-16,18-19,21-23,25,28,30-33,35-36,38-42,44-45,47-57H2,1-3H3/b11-8-,20-17-,27-24-,29-26-,37-34-,46-43-/t58-/m1/s1. The van der Waals surface area contributed by atoms with Crippen LogP contribution in [0.1, 0.15) is 278 Å². The molecule has 1 atom stereocenters. The minimum absolute atomic E-state index is 0.0982. The zero-order valence-corrected chi connectivity index (χ0v) is 44.2. The number of allylic oxidation sites excluding steroid dienone is 12. The van der Waals surface area contributed by atoms with Gasteiger partial charge in [0.1, 0.15) is 13.2 Å². The lowest BCUT2D eigenvalue weighted by atomic mass is 10.0. The van der Waals surface area contributed by atoms with E-state index in [2.05, 4.69) is 93.7 Å². The van der Waals surface area contributed by atoms with Crippen LogP contribution in [0.5, 0.6) is 0 Å². The number of hydrogen-bond acceptors (Lipinski definition) is 6. The van der Waals surface area contributed by atoms with E-state index >= 15 is 0 Å². The number of ether oxygens (including phenoxy) is 3. The molecule has 0 fully saturated rings. The minimum atomic E-state index is -0.807. The fraction of sp³-hybridized carbons (Fsp3) is 0.754. The Morgan fingerprint density at radius 3 is 0.970 bits per heavy atom. The summed E-state index contributed by atoms with van der Waals surface area (Å²) in [6.07, 6.45) is 70.4. The maximum absolute atomic E-state index is 12.8. The smallest absolute Gasteiger partial charge is 0.306 e. The zero-order chi connectivity index (χ0) is 48.6. The average molecular weight is 936 g/mol. The lowest BCUT2D eigenvalue weighted by molar-refractivity contribution is -0.167. The summed E-state index contributed by atoms with van der Waals surface area (Å²) in [7, 11) is 0. The summed E-state index contributed by atoms with van der Waals surface area (Å²) in [6, 6.07) is 0. The third kappa shape index (κ3) is 53.7. The molecule has 0 unspecified atom stereocenters. The maximum Gasteiger partial charge on any atom is 0.306 e. The molecule has 386 valence electrons. The minimum Gasteiger partial charge on any atom is -0.462 e. The summed E-state index contributed by atoms with van der Waals surface area (Å²) in [6.45, 7) is 6.49. The molecule has 0 saturated carbocycles. The monoisotopic (exact) mass is 935 g/mol. The summed E-state index contributed by atoms with van der Waals surface area (Å²) in [5.41, 5.74) is 0. The van der Waals surface area contributed by atoms with Crippen molar-refractivity contribution in [3.63, 3.8) is 0 Å². The molecular weight excluding hydrogens is 829 g/mol. The van der Waals surface area contributed by atoms with Crippen molar-refractivity contribution >= 4 is 17.9 Å². The van der Waals surface area contributed by atoms with Gasteiger partial charge in [-0.15, -0.1) is 0 Å². The highest BCUT2D eigenvalue weighted by Gasteiger charge is 2.19. The van der Waals surface area contributed by atoms with Gasteiger partial charge in [-0.2, -0.15) is 0 Å². The molecule has 0 aliphatic rings. The van der Waals surface area contributed by atoms with E-state index in [0.29, 0.717) is 19.3 Å². The Bertz CT molecular complexity index is 1260. The summed E-state index contributed by atoms with van der Waals surface area (Å²) >= 11 is 0. The number of carbonyl (C=O) groups excluding carboxylic acids is 3. The first-order valence-electron chi connectivity index (χ1n) is 28.4. The summed E-state index contributed by atoms with van der Waals surface area (Å²) < 4.78 is 16.8. The molecule has 0 N–H and O–H groups in total. The molecule has 0 amide bonds. The van der Waals surface area contributed by atoms with Crippen molar-refractivity contribution in [3.8, 4) is 0 Å². The first-order valence-corrected chi connectivity index (χ1v) is 28.4. The Morgan fingerprint density at radius 2 is 0.597 bits per heavy atom. The van der Waals surface area contributed by atoms with Gasteiger partial charge in [-0.1, -0.05) is 248 Å². The SMILES string of the molecule is CC/C=C\C/C=C\C/C=C\C/C=C\C/C=C\CCCC(=O)O[C@H](COC(=O)CCCCCCC/C=C\CCCCCCC)COC(=O)CCCCCCCCCCCCCCCCCCCC. The quantitative estimate of drug-likeness (QED) is 0.0262. The number of unbranched alkanes of at least 4 members (excludes halogenated alkanes) is 28. The second-order valence-corrected chi connectivity index (χ2v) is 18.8. The molecule has 0 aromatic heterocycles. The van der Waals surface area contributed by atoms with Gasteiger partial charge in [-0.25, -0.2) is 0 Å². The number of rotatable bonds is 51. The summed E-state index contributed by atoms with van der Waals surface area (Å²) in [5.74, 6) is -0.957. The van der Waals surface area contributed by atoms with Crippen LogP contribution in [0, 0.1) is 0 Å². The zero-order valence-electron chi connectivity index (χ0n) is 44.2. The Labute approximate surface area is 414 Å². The van der Waals surface area contributed by atoms with E-state index in [1.807, 2.05) is 0 Å². The average Bonchev–Trinajstić information content (AvgIpc) is 3.33. The van der Waals surface area contributed by atoms with Gasteiger partial charge in [0.15, 0.2) is 6.10 Å². The van der Waals surface area contributed by atoms with Crippen molar-refractivity contribution < 1.29 is 28.6 Å². The van der Waals surface area contributed by atoms with E-state index in [4.69, 9.17) is 14.2 Å². The van der Waals surface area contributed by atoms with Gasteiger partial charge in [0, 0.05) is 19.3 Å². The molecule has 0 aromatic rings. The van der Waals surface area contributed by atoms with E-state index in [-0.39, 0.29) is 37.5 Å². The largest absolute Gasteiger partial charge is 0.462 e. The highest BCUT2D eigenvalue weighted by Crippen LogP contribution is 2.16. The first-order chi connectivity index (χ1) is 33.0. The Hall–Kier alpha value is -3.15. The van der Waals surface area contributed by atoms with Crippen molar-refractivity contribution in [1.29, 1.82) is 0 Å². The molecule has 67 heavy (non-hydrogen) atoms. The Kier molecular flexibility index (Phi) is 52.8. The third-order valence-corrected chi connectivity index (χ3v) is 12.2.